The molecule has 2 aromatic heterocycles. The molecule has 1 unspecified atom stereocenters. The van der Waals surface area contributed by atoms with Crippen molar-refractivity contribution in [2.24, 2.45) is 0 Å². The van der Waals surface area contributed by atoms with Crippen LogP contribution in [0.3, 0.4) is 0 Å². The number of halogens is 2. The lowest BCUT2D eigenvalue weighted by molar-refractivity contribution is 0.455. The Labute approximate surface area is 168 Å². The third kappa shape index (κ3) is 3.92. The lowest BCUT2D eigenvalue weighted by atomic mass is 10.2. The number of benzene rings is 1. The van der Waals surface area contributed by atoms with Gasteiger partial charge in [0.1, 0.15) is 5.75 Å². The van der Waals surface area contributed by atoms with Crippen molar-refractivity contribution in [2.45, 2.75) is 40.2 Å². The van der Waals surface area contributed by atoms with Crippen molar-refractivity contribution in [2.75, 3.05) is 0 Å². The van der Waals surface area contributed by atoms with Crippen LogP contribution in [0.15, 0.2) is 47.4 Å². The molecule has 0 amide bonds. The van der Waals surface area contributed by atoms with Crippen LogP contribution < -0.4 is 10.3 Å². The summed E-state index contributed by atoms with van der Waals surface area (Å²) in [6.45, 7) is 8.07. The zero-order valence-corrected chi connectivity index (χ0v) is 17.3. The van der Waals surface area contributed by atoms with E-state index in [0.717, 1.165) is 23.5 Å². The number of rotatable bonds is 5. The molecule has 0 aliphatic rings. The highest BCUT2D eigenvalue weighted by atomic mass is 35.5. The molecule has 6 heteroatoms. The predicted octanol–water partition coefficient (Wildman–Crippen LogP) is 6.33. The van der Waals surface area contributed by atoms with Crippen molar-refractivity contribution in [1.82, 2.24) is 9.13 Å². The van der Waals surface area contributed by atoms with E-state index in [1.807, 2.05) is 52.0 Å². The molecule has 0 bridgehead atoms. The largest absolute Gasteiger partial charge is 0.453 e. The molecule has 0 saturated carbocycles. The summed E-state index contributed by atoms with van der Waals surface area (Å²) in [4.78, 5) is 12.1. The first-order chi connectivity index (χ1) is 12.8. The second-order valence-corrected chi connectivity index (χ2v) is 7.47. The van der Waals surface area contributed by atoms with Gasteiger partial charge in [0.05, 0.1) is 16.2 Å². The fourth-order valence-electron chi connectivity index (χ4n) is 3.05. The molecule has 0 saturated heterocycles. The van der Waals surface area contributed by atoms with Crippen LogP contribution in [0.25, 0.3) is 5.69 Å². The van der Waals surface area contributed by atoms with E-state index in [0.29, 0.717) is 21.5 Å². The fourth-order valence-corrected chi connectivity index (χ4v) is 3.60. The quantitative estimate of drug-likeness (QED) is 0.498. The van der Waals surface area contributed by atoms with Crippen molar-refractivity contribution >= 4 is 23.2 Å². The zero-order valence-electron chi connectivity index (χ0n) is 15.8. The number of ether oxygens (including phenoxy) is 1. The van der Waals surface area contributed by atoms with Crippen molar-refractivity contribution < 1.29 is 4.74 Å². The average Bonchev–Trinajstić information content (AvgIpc) is 2.97. The van der Waals surface area contributed by atoms with Gasteiger partial charge >= 0.3 is 0 Å². The SMILES string of the molecule is CCC(C)n1cc(Oc2c(Cl)cc(-n3c(C)ccc3C)cc2Cl)ccc1=O. The van der Waals surface area contributed by atoms with Gasteiger partial charge in [0.15, 0.2) is 5.75 Å². The number of nitrogens with zero attached hydrogens (tertiary/aromatic N) is 2. The van der Waals surface area contributed by atoms with E-state index in [9.17, 15) is 4.79 Å². The molecule has 142 valence electrons. The summed E-state index contributed by atoms with van der Waals surface area (Å²) in [5.74, 6) is 0.888. The minimum Gasteiger partial charge on any atom is -0.453 e. The van der Waals surface area contributed by atoms with Crippen LogP contribution in [0, 0.1) is 13.8 Å². The van der Waals surface area contributed by atoms with Crippen molar-refractivity contribution in [3.05, 3.63) is 74.4 Å². The predicted molar refractivity (Wildman–Crippen MR) is 111 cm³/mol. The monoisotopic (exact) mass is 404 g/mol. The molecule has 1 atom stereocenters. The van der Waals surface area contributed by atoms with Gasteiger partial charge in [0.2, 0.25) is 0 Å². The molecule has 0 aliphatic heterocycles. The molecule has 0 N–H and O–H groups in total. The van der Waals surface area contributed by atoms with Gasteiger partial charge in [-0.2, -0.15) is 0 Å². The van der Waals surface area contributed by atoms with Gasteiger partial charge in [-0.3, -0.25) is 4.79 Å². The molecule has 0 radical (unpaired) electrons. The summed E-state index contributed by atoms with van der Waals surface area (Å²) in [7, 11) is 0. The second kappa shape index (κ2) is 7.83. The highest BCUT2D eigenvalue weighted by Crippen LogP contribution is 2.38. The Morgan fingerprint density at radius 2 is 1.63 bits per heavy atom. The summed E-state index contributed by atoms with van der Waals surface area (Å²) in [6, 6.07) is 10.9. The zero-order chi connectivity index (χ0) is 19.7. The minimum absolute atomic E-state index is 0.0669. The van der Waals surface area contributed by atoms with Crippen molar-refractivity contribution in [3.8, 4) is 17.2 Å². The number of aryl methyl sites for hydroxylation is 2. The van der Waals surface area contributed by atoms with Gasteiger partial charge in [0.25, 0.3) is 5.56 Å². The van der Waals surface area contributed by atoms with Crippen LogP contribution in [0.1, 0.15) is 37.7 Å². The number of hydrogen-bond acceptors (Lipinski definition) is 2. The van der Waals surface area contributed by atoms with Crippen LogP contribution in [-0.4, -0.2) is 9.13 Å². The van der Waals surface area contributed by atoms with Crippen LogP contribution in [0.2, 0.25) is 10.0 Å². The average molecular weight is 405 g/mol. The minimum atomic E-state index is -0.0669. The molecule has 4 nitrogen and oxygen atoms in total. The van der Waals surface area contributed by atoms with Crippen molar-refractivity contribution in [1.29, 1.82) is 0 Å². The van der Waals surface area contributed by atoms with E-state index in [2.05, 4.69) is 4.57 Å². The van der Waals surface area contributed by atoms with E-state index >= 15 is 0 Å². The molecule has 0 fully saturated rings. The Morgan fingerprint density at radius 1 is 1.04 bits per heavy atom. The van der Waals surface area contributed by atoms with E-state index in [4.69, 9.17) is 27.9 Å². The van der Waals surface area contributed by atoms with Gasteiger partial charge < -0.3 is 13.9 Å². The smallest absolute Gasteiger partial charge is 0.251 e. The van der Waals surface area contributed by atoms with E-state index in [1.54, 1.807) is 16.8 Å². The molecule has 1 aromatic carbocycles. The molecule has 27 heavy (non-hydrogen) atoms. The highest BCUT2D eigenvalue weighted by Gasteiger charge is 2.15. The highest BCUT2D eigenvalue weighted by molar-refractivity contribution is 6.37. The first-order valence-electron chi connectivity index (χ1n) is 8.86. The van der Waals surface area contributed by atoms with Gasteiger partial charge in [-0.25, -0.2) is 0 Å². The summed E-state index contributed by atoms with van der Waals surface area (Å²) >= 11 is 13.0. The molecule has 3 aromatic rings. The van der Waals surface area contributed by atoms with E-state index in [-0.39, 0.29) is 11.6 Å². The number of aromatic nitrogens is 2. The molecule has 0 spiro atoms. The van der Waals surface area contributed by atoms with E-state index in [1.165, 1.54) is 6.07 Å². The van der Waals surface area contributed by atoms with Gasteiger partial charge in [-0.1, -0.05) is 30.1 Å². The first kappa shape index (κ1) is 19.6. The third-order valence-electron chi connectivity index (χ3n) is 4.71. The maximum atomic E-state index is 12.1. The second-order valence-electron chi connectivity index (χ2n) is 6.66. The van der Waals surface area contributed by atoms with Gasteiger partial charge in [-0.05, 0) is 57.5 Å². The lowest BCUT2D eigenvalue weighted by Crippen LogP contribution is -2.21. The van der Waals surface area contributed by atoms with Crippen LogP contribution >= 0.6 is 23.2 Å². The molecule has 2 heterocycles. The van der Waals surface area contributed by atoms with Crippen molar-refractivity contribution in [3.63, 3.8) is 0 Å². The Hall–Kier alpha value is -2.17. The Morgan fingerprint density at radius 3 is 2.19 bits per heavy atom. The number of pyridine rings is 1. The Kier molecular flexibility index (Phi) is 5.68. The summed E-state index contributed by atoms with van der Waals surface area (Å²) in [5.41, 5.74) is 2.99. The van der Waals surface area contributed by atoms with Gasteiger partial charge in [0, 0.05) is 29.2 Å². The first-order valence-corrected chi connectivity index (χ1v) is 9.61. The number of hydrogen-bond donors (Lipinski definition) is 0. The Balaban J connectivity index is 1.98. The standard InChI is InChI=1S/C21H22Cl2N2O2/c1-5-13(2)24-12-17(8-9-20(24)26)27-21-18(22)10-16(11-19(21)23)25-14(3)6-7-15(25)4/h6-13H,5H2,1-4H3. The summed E-state index contributed by atoms with van der Waals surface area (Å²) in [6.07, 6.45) is 2.53. The van der Waals surface area contributed by atoms with E-state index < -0.39 is 0 Å². The maximum absolute atomic E-state index is 12.1. The normalized spacial score (nSPS) is 12.2. The molecule has 3 rings (SSSR count). The lowest BCUT2D eigenvalue weighted by Gasteiger charge is -2.17. The molecular weight excluding hydrogens is 383 g/mol. The Bertz CT molecular complexity index is 994. The van der Waals surface area contributed by atoms with Gasteiger partial charge in [-0.15, -0.1) is 0 Å². The third-order valence-corrected chi connectivity index (χ3v) is 5.27. The maximum Gasteiger partial charge on any atom is 0.251 e. The van der Waals surface area contributed by atoms with Crippen LogP contribution in [-0.2, 0) is 0 Å². The van der Waals surface area contributed by atoms with Crippen LogP contribution in [0.5, 0.6) is 11.5 Å². The summed E-state index contributed by atoms with van der Waals surface area (Å²) in [5, 5.41) is 0.817. The molecule has 0 aliphatic carbocycles. The molecular formula is C21H22Cl2N2O2. The fraction of sp³-hybridized carbons (Fsp3) is 0.286. The topological polar surface area (TPSA) is 36.2 Å². The van der Waals surface area contributed by atoms with Crippen LogP contribution in [0.4, 0.5) is 0 Å². The summed E-state index contributed by atoms with van der Waals surface area (Å²) < 4.78 is 9.66.